The highest BCUT2D eigenvalue weighted by atomic mass is 19.1. The first-order valence-electron chi connectivity index (χ1n) is 6.92. The number of halogens is 1. The smallest absolute Gasteiger partial charge is 0.325 e. The van der Waals surface area contributed by atoms with Crippen LogP contribution >= 0.6 is 0 Å². The van der Waals surface area contributed by atoms with Crippen molar-refractivity contribution in [2.45, 2.75) is 32.7 Å². The second-order valence-electron chi connectivity index (χ2n) is 5.03. The first-order valence-corrected chi connectivity index (χ1v) is 6.92. The zero-order valence-corrected chi connectivity index (χ0v) is 12.3. The summed E-state index contributed by atoms with van der Waals surface area (Å²) < 4.78 is 13.8. The normalized spacial score (nSPS) is 13.8. The van der Waals surface area contributed by atoms with Crippen LogP contribution < -0.4 is 10.2 Å². The number of rotatable bonds is 8. The number of anilines is 1. The largest absolute Gasteiger partial charge is 0.480 e. The van der Waals surface area contributed by atoms with Crippen LogP contribution in [-0.2, 0) is 4.79 Å². The number of nitrogens with zero attached hydrogens (tertiary/aromatic N) is 1. The average molecular weight is 282 g/mol. The van der Waals surface area contributed by atoms with E-state index in [1.54, 1.807) is 30.0 Å². The monoisotopic (exact) mass is 282 g/mol. The van der Waals surface area contributed by atoms with Gasteiger partial charge in [0.1, 0.15) is 11.4 Å². The van der Waals surface area contributed by atoms with Gasteiger partial charge in [0, 0.05) is 13.1 Å². The van der Waals surface area contributed by atoms with Crippen LogP contribution in [0.1, 0.15) is 27.2 Å². The summed E-state index contributed by atoms with van der Waals surface area (Å²) in [6, 6.07) is 6.42. The third-order valence-electron chi connectivity index (χ3n) is 3.32. The molecule has 0 fully saturated rings. The van der Waals surface area contributed by atoms with Gasteiger partial charge in [-0.1, -0.05) is 19.1 Å². The number of hydrogen-bond donors (Lipinski definition) is 2. The van der Waals surface area contributed by atoms with Gasteiger partial charge in [-0.2, -0.15) is 0 Å². The molecule has 0 bridgehead atoms. The molecule has 20 heavy (non-hydrogen) atoms. The molecule has 0 aromatic heterocycles. The Kier molecular flexibility index (Phi) is 5.95. The molecule has 0 aliphatic rings. The SMILES string of the molecule is CCCNC(C)(CN(CC)c1ccccc1F)C(=O)O. The molecule has 0 spiro atoms. The Morgan fingerprint density at radius 2 is 2.05 bits per heavy atom. The molecule has 0 amide bonds. The number of aliphatic carboxylic acids is 1. The summed E-state index contributed by atoms with van der Waals surface area (Å²) in [5.41, 5.74) is -0.672. The molecular weight excluding hydrogens is 259 g/mol. The molecule has 1 rings (SSSR count). The maximum Gasteiger partial charge on any atom is 0.325 e. The Morgan fingerprint density at radius 3 is 2.55 bits per heavy atom. The van der Waals surface area contributed by atoms with Gasteiger partial charge in [0.25, 0.3) is 0 Å². The van der Waals surface area contributed by atoms with E-state index in [9.17, 15) is 14.3 Å². The third-order valence-corrected chi connectivity index (χ3v) is 3.32. The fourth-order valence-corrected chi connectivity index (χ4v) is 2.06. The van der Waals surface area contributed by atoms with Gasteiger partial charge < -0.3 is 15.3 Å². The number of para-hydroxylation sites is 1. The van der Waals surface area contributed by atoms with E-state index in [0.29, 0.717) is 18.8 Å². The van der Waals surface area contributed by atoms with Crippen LogP contribution in [0.2, 0.25) is 0 Å². The van der Waals surface area contributed by atoms with E-state index < -0.39 is 11.5 Å². The molecule has 0 heterocycles. The van der Waals surface area contributed by atoms with Gasteiger partial charge in [-0.25, -0.2) is 4.39 Å². The highest BCUT2D eigenvalue weighted by molar-refractivity contribution is 5.79. The van der Waals surface area contributed by atoms with Crippen molar-refractivity contribution in [1.29, 1.82) is 0 Å². The summed E-state index contributed by atoms with van der Waals surface area (Å²) in [7, 11) is 0. The zero-order valence-electron chi connectivity index (χ0n) is 12.3. The van der Waals surface area contributed by atoms with Crippen molar-refractivity contribution in [2.24, 2.45) is 0 Å². The molecule has 1 aromatic rings. The van der Waals surface area contributed by atoms with Crippen molar-refractivity contribution in [2.75, 3.05) is 24.5 Å². The lowest BCUT2D eigenvalue weighted by atomic mass is 10.0. The highest BCUT2D eigenvalue weighted by Crippen LogP contribution is 2.21. The lowest BCUT2D eigenvalue weighted by molar-refractivity contribution is -0.143. The zero-order chi connectivity index (χ0) is 15.2. The summed E-state index contributed by atoms with van der Waals surface area (Å²) in [4.78, 5) is 13.3. The Hall–Kier alpha value is -1.62. The van der Waals surface area contributed by atoms with Gasteiger partial charge in [-0.15, -0.1) is 0 Å². The summed E-state index contributed by atoms with van der Waals surface area (Å²) in [5.74, 6) is -1.27. The number of hydrogen-bond acceptors (Lipinski definition) is 3. The average Bonchev–Trinajstić information content (AvgIpc) is 2.43. The van der Waals surface area contributed by atoms with E-state index in [2.05, 4.69) is 5.32 Å². The number of likely N-dealkylation sites (N-methyl/N-ethyl adjacent to an activating group) is 1. The predicted octanol–water partition coefficient (Wildman–Crippen LogP) is 2.49. The van der Waals surface area contributed by atoms with Crippen LogP contribution in [0.4, 0.5) is 10.1 Å². The standard InChI is InChI=1S/C15H23FN2O2/c1-4-10-17-15(3,14(19)20)11-18(5-2)13-9-7-6-8-12(13)16/h6-9,17H,4-5,10-11H2,1-3H3,(H,19,20). The lowest BCUT2D eigenvalue weighted by Crippen LogP contribution is -2.57. The minimum atomic E-state index is -1.10. The molecule has 0 saturated carbocycles. The van der Waals surface area contributed by atoms with E-state index in [4.69, 9.17) is 0 Å². The highest BCUT2D eigenvalue weighted by Gasteiger charge is 2.34. The molecule has 5 heteroatoms. The van der Waals surface area contributed by atoms with Crippen LogP contribution in [0, 0.1) is 5.82 Å². The van der Waals surface area contributed by atoms with Gasteiger partial charge in [-0.05, 0) is 38.9 Å². The van der Waals surface area contributed by atoms with Crippen LogP contribution in [0.3, 0.4) is 0 Å². The molecule has 0 radical (unpaired) electrons. The van der Waals surface area contributed by atoms with Gasteiger partial charge >= 0.3 is 5.97 Å². The maximum atomic E-state index is 13.8. The Balaban J connectivity index is 2.95. The molecule has 0 saturated heterocycles. The molecule has 1 aromatic carbocycles. The molecule has 4 nitrogen and oxygen atoms in total. The van der Waals surface area contributed by atoms with E-state index in [0.717, 1.165) is 6.42 Å². The van der Waals surface area contributed by atoms with Crippen molar-refractivity contribution in [1.82, 2.24) is 5.32 Å². The Labute approximate surface area is 119 Å². The van der Waals surface area contributed by atoms with E-state index in [1.165, 1.54) is 6.07 Å². The summed E-state index contributed by atoms with van der Waals surface area (Å²) in [5, 5.41) is 12.5. The van der Waals surface area contributed by atoms with Crippen LogP contribution in [0.5, 0.6) is 0 Å². The number of carboxylic acid groups (broad SMARTS) is 1. The second kappa shape index (κ2) is 7.24. The molecule has 0 aliphatic heterocycles. The molecule has 2 N–H and O–H groups in total. The van der Waals surface area contributed by atoms with Crippen LogP contribution in [-0.4, -0.2) is 36.2 Å². The quantitative estimate of drug-likeness (QED) is 0.769. The Bertz CT molecular complexity index is 453. The number of carboxylic acids is 1. The number of carbonyl (C=O) groups is 1. The third kappa shape index (κ3) is 3.93. The molecule has 1 unspecified atom stereocenters. The second-order valence-corrected chi connectivity index (χ2v) is 5.03. The molecule has 112 valence electrons. The summed E-state index contributed by atoms with van der Waals surface area (Å²) in [6.45, 7) is 6.85. The van der Waals surface area contributed by atoms with Crippen molar-refractivity contribution < 1.29 is 14.3 Å². The predicted molar refractivity (Wildman–Crippen MR) is 78.6 cm³/mol. The van der Waals surface area contributed by atoms with Crippen LogP contribution in [0.25, 0.3) is 0 Å². The van der Waals surface area contributed by atoms with Gasteiger partial charge in [0.2, 0.25) is 0 Å². The molecule has 1 atom stereocenters. The topological polar surface area (TPSA) is 52.6 Å². The molecule has 0 aliphatic carbocycles. The minimum Gasteiger partial charge on any atom is -0.480 e. The first kappa shape index (κ1) is 16.4. The van der Waals surface area contributed by atoms with Gasteiger partial charge in [0.15, 0.2) is 0 Å². The fraction of sp³-hybridized carbons (Fsp3) is 0.533. The Morgan fingerprint density at radius 1 is 1.40 bits per heavy atom. The number of nitrogens with one attached hydrogen (secondary N) is 1. The fourth-order valence-electron chi connectivity index (χ4n) is 2.06. The van der Waals surface area contributed by atoms with Crippen molar-refractivity contribution >= 4 is 11.7 Å². The summed E-state index contributed by atoms with van der Waals surface area (Å²) in [6.07, 6.45) is 0.842. The van der Waals surface area contributed by atoms with E-state index in [1.807, 2.05) is 13.8 Å². The first-order chi connectivity index (χ1) is 9.44. The van der Waals surface area contributed by atoms with Crippen molar-refractivity contribution in [3.8, 4) is 0 Å². The maximum absolute atomic E-state index is 13.8. The minimum absolute atomic E-state index is 0.208. The van der Waals surface area contributed by atoms with Crippen LogP contribution in [0.15, 0.2) is 24.3 Å². The van der Waals surface area contributed by atoms with E-state index >= 15 is 0 Å². The van der Waals surface area contributed by atoms with Gasteiger partial charge in [0.05, 0.1) is 5.69 Å². The summed E-state index contributed by atoms with van der Waals surface area (Å²) >= 11 is 0. The van der Waals surface area contributed by atoms with E-state index in [-0.39, 0.29) is 12.4 Å². The van der Waals surface area contributed by atoms with Crippen molar-refractivity contribution in [3.63, 3.8) is 0 Å². The lowest BCUT2D eigenvalue weighted by Gasteiger charge is -2.34. The molecular formula is C15H23FN2O2. The number of benzene rings is 1. The van der Waals surface area contributed by atoms with Crippen molar-refractivity contribution in [3.05, 3.63) is 30.1 Å². The van der Waals surface area contributed by atoms with Gasteiger partial charge in [-0.3, -0.25) is 4.79 Å².